The van der Waals surface area contributed by atoms with Crippen molar-refractivity contribution in [1.29, 1.82) is 0 Å². The monoisotopic (exact) mass is 419 g/mol. The van der Waals surface area contributed by atoms with Gasteiger partial charge in [-0.15, -0.1) is 0 Å². The standard InChI is InChI=1S/C21H26FN3O3S/c1-3-23-21(25-18-10-11-29(26,27)14-18)24-13-16-4-9-20(15(2)12-16)28-19-7-5-17(22)6-8-19/h4-9,12,18H,3,10-11,13-14H2,1-2H3,(H2,23,24,25). The molecule has 1 saturated heterocycles. The van der Waals surface area contributed by atoms with E-state index >= 15 is 0 Å². The number of hydrogen-bond acceptors (Lipinski definition) is 4. The normalized spacial score (nSPS) is 18.4. The van der Waals surface area contributed by atoms with Crippen molar-refractivity contribution in [2.45, 2.75) is 32.9 Å². The average molecular weight is 420 g/mol. The lowest BCUT2D eigenvalue weighted by Crippen LogP contribution is -2.44. The van der Waals surface area contributed by atoms with Crippen molar-refractivity contribution in [1.82, 2.24) is 10.6 Å². The van der Waals surface area contributed by atoms with Gasteiger partial charge in [-0.1, -0.05) is 12.1 Å². The van der Waals surface area contributed by atoms with E-state index in [1.54, 1.807) is 12.1 Å². The van der Waals surface area contributed by atoms with E-state index in [9.17, 15) is 12.8 Å². The predicted molar refractivity (Wildman–Crippen MR) is 113 cm³/mol. The van der Waals surface area contributed by atoms with Crippen molar-refractivity contribution in [3.8, 4) is 11.5 Å². The van der Waals surface area contributed by atoms with Crippen LogP contribution in [0.15, 0.2) is 47.5 Å². The van der Waals surface area contributed by atoms with E-state index < -0.39 is 9.84 Å². The number of ether oxygens (including phenoxy) is 1. The van der Waals surface area contributed by atoms with Crippen molar-refractivity contribution >= 4 is 15.8 Å². The Balaban J connectivity index is 1.64. The molecule has 0 saturated carbocycles. The first-order valence-electron chi connectivity index (χ1n) is 9.63. The molecule has 156 valence electrons. The fourth-order valence-electron chi connectivity index (χ4n) is 3.15. The van der Waals surface area contributed by atoms with Gasteiger partial charge in [0.25, 0.3) is 0 Å². The quantitative estimate of drug-likeness (QED) is 0.555. The summed E-state index contributed by atoms with van der Waals surface area (Å²) in [5.41, 5.74) is 1.95. The molecule has 2 aromatic rings. The number of nitrogens with zero attached hydrogens (tertiary/aromatic N) is 1. The summed E-state index contributed by atoms with van der Waals surface area (Å²) in [6, 6.07) is 11.6. The van der Waals surface area contributed by atoms with Gasteiger partial charge < -0.3 is 15.4 Å². The maximum absolute atomic E-state index is 13.0. The molecule has 2 N–H and O–H groups in total. The Morgan fingerprint density at radius 2 is 2.00 bits per heavy atom. The van der Waals surface area contributed by atoms with Crippen LogP contribution in [0.4, 0.5) is 4.39 Å². The SMILES string of the molecule is CCNC(=NCc1ccc(Oc2ccc(F)cc2)c(C)c1)NC1CCS(=O)(=O)C1. The number of halogens is 1. The fourth-order valence-corrected chi connectivity index (χ4v) is 4.82. The number of aliphatic imine (C=N–C) groups is 1. The lowest BCUT2D eigenvalue weighted by atomic mass is 10.1. The highest BCUT2D eigenvalue weighted by molar-refractivity contribution is 7.91. The number of guanidine groups is 1. The number of rotatable bonds is 6. The van der Waals surface area contributed by atoms with Crippen LogP contribution in [-0.4, -0.2) is 38.5 Å². The van der Waals surface area contributed by atoms with Crippen molar-refractivity contribution < 1.29 is 17.5 Å². The molecule has 8 heteroatoms. The van der Waals surface area contributed by atoms with E-state index in [2.05, 4.69) is 15.6 Å². The fraction of sp³-hybridized carbons (Fsp3) is 0.381. The lowest BCUT2D eigenvalue weighted by molar-refractivity contribution is 0.476. The van der Waals surface area contributed by atoms with Crippen LogP contribution in [0, 0.1) is 12.7 Å². The Kier molecular flexibility index (Phi) is 6.74. The van der Waals surface area contributed by atoms with E-state index in [0.717, 1.165) is 11.1 Å². The molecule has 1 aliphatic heterocycles. The van der Waals surface area contributed by atoms with Gasteiger partial charge in [0.1, 0.15) is 17.3 Å². The highest BCUT2D eigenvalue weighted by Gasteiger charge is 2.28. The van der Waals surface area contributed by atoms with Gasteiger partial charge in [0.05, 0.1) is 18.1 Å². The minimum Gasteiger partial charge on any atom is -0.457 e. The van der Waals surface area contributed by atoms with Gasteiger partial charge in [-0.05, 0) is 61.7 Å². The molecule has 1 heterocycles. The van der Waals surface area contributed by atoms with Gasteiger partial charge in [-0.3, -0.25) is 0 Å². The summed E-state index contributed by atoms with van der Waals surface area (Å²) < 4.78 is 42.1. The van der Waals surface area contributed by atoms with Gasteiger partial charge in [0.2, 0.25) is 0 Å². The van der Waals surface area contributed by atoms with Gasteiger partial charge in [-0.2, -0.15) is 0 Å². The highest BCUT2D eigenvalue weighted by atomic mass is 32.2. The second-order valence-corrected chi connectivity index (χ2v) is 9.32. The van der Waals surface area contributed by atoms with Crippen LogP contribution in [0.3, 0.4) is 0 Å². The Labute approximate surface area is 171 Å². The Bertz CT molecular complexity index is 975. The van der Waals surface area contributed by atoms with Crippen LogP contribution >= 0.6 is 0 Å². The van der Waals surface area contributed by atoms with Crippen LogP contribution in [-0.2, 0) is 16.4 Å². The molecular formula is C21H26FN3O3S. The van der Waals surface area contributed by atoms with Gasteiger partial charge in [0.15, 0.2) is 15.8 Å². The van der Waals surface area contributed by atoms with Crippen LogP contribution < -0.4 is 15.4 Å². The minimum atomic E-state index is -2.94. The maximum atomic E-state index is 13.0. The first-order chi connectivity index (χ1) is 13.8. The van der Waals surface area contributed by atoms with E-state index in [1.165, 1.54) is 12.1 Å². The molecule has 1 unspecified atom stereocenters. The molecular weight excluding hydrogens is 393 g/mol. The van der Waals surface area contributed by atoms with Gasteiger partial charge in [0, 0.05) is 12.6 Å². The number of aryl methyl sites for hydroxylation is 1. The van der Waals surface area contributed by atoms with E-state index in [0.29, 0.717) is 37.0 Å². The Morgan fingerprint density at radius 1 is 1.24 bits per heavy atom. The summed E-state index contributed by atoms with van der Waals surface area (Å²) in [5, 5.41) is 6.37. The second-order valence-electron chi connectivity index (χ2n) is 7.10. The van der Waals surface area contributed by atoms with Gasteiger partial charge in [-0.25, -0.2) is 17.8 Å². The molecule has 0 radical (unpaired) electrons. The zero-order valence-corrected chi connectivity index (χ0v) is 17.4. The molecule has 0 amide bonds. The molecule has 0 spiro atoms. The minimum absolute atomic E-state index is 0.106. The van der Waals surface area contributed by atoms with E-state index in [4.69, 9.17) is 4.74 Å². The third kappa shape index (κ3) is 6.19. The largest absolute Gasteiger partial charge is 0.457 e. The summed E-state index contributed by atoms with van der Waals surface area (Å²) in [4.78, 5) is 4.58. The van der Waals surface area contributed by atoms with E-state index in [1.807, 2.05) is 32.0 Å². The molecule has 1 fully saturated rings. The number of hydrogen-bond donors (Lipinski definition) is 2. The topological polar surface area (TPSA) is 79.8 Å². The Morgan fingerprint density at radius 3 is 2.62 bits per heavy atom. The second kappa shape index (κ2) is 9.26. The zero-order chi connectivity index (χ0) is 20.9. The van der Waals surface area contributed by atoms with Crippen molar-refractivity contribution in [2.24, 2.45) is 4.99 Å². The maximum Gasteiger partial charge on any atom is 0.191 e. The predicted octanol–water partition coefficient (Wildman–Crippen LogP) is 3.17. The van der Waals surface area contributed by atoms with Crippen LogP contribution in [0.2, 0.25) is 0 Å². The summed E-state index contributed by atoms with van der Waals surface area (Å²) in [6.07, 6.45) is 0.598. The van der Waals surface area contributed by atoms with Gasteiger partial charge >= 0.3 is 0 Å². The molecule has 6 nitrogen and oxygen atoms in total. The van der Waals surface area contributed by atoms with E-state index in [-0.39, 0.29) is 23.4 Å². The summed E-state index contributed by atoms with van der Waals surface area (Å²) >= 11 is 0. The first-order valence-corrected chi connectivity index (χ1v) is 11.4. The van der Waals surface area contributed by atoms with Crippen LogP contribution in [0.25, 0.3) is 0 Å². The summed E-state index contributed by atoms with van der Waals surface area (Å²) in [5.74, 6) is 1.95. The Hall–Kier alpha value is -2.61. The smallest absolute Gasteiger partial charge is 0.191 e. The molecule has 0 aliphatic carbocycles. The number of nitrogens with one attached hydrogen (secondary N) is 2. The van der Waals surface area contributed by atoms with Crippen molar-refractivity contribution in [3.63, 3.8) is 0 Å². The molecule has 1 atom stereocenters. The molecule has 2 aromatic carbocycles. The zero-order valence-electron chi connectivity index (χ0n) is 16.6. The molecule has 1 aliphatic rings. The summed E-state index contributed by atoms with van der Waals surface area (Å²) in [6.45, 7) is 5.05. The highest BCUT2D eigenvalue weighted by Crippen LogP contribution is 2.26. The van der Waals surface area contributed by atoms with Crippen molar-refractivity contribution in [3.05, 3.63) is 59.4 Å². The number of sulfone groups is 1. The third-order valence-corrected chi connectivity index (χ3v) is 6.39. The lowest BCUT2D eigenvalue weighted by Gasteiger charge is -2.16. The molecule has 0 bridgehead atoms. The molecule has 3 rings (SSSR count). The van der Waals surface area contributed by atoms with Crippen molar-refractivity contribution in [2.75, 3.05) is 18.1 Å². The average Bonchev–Trinajstić information content (AvgIpc) is 3.02. The molecule has 29 heavy (non-hydrogen) atoms. The van der Waals surface area contributed by atoms with Crippen LogP contribution in [0.5, 0.6) is 11.5 Å². The third-order valence-electron chi connectivity index (χ3n) is 4.62. The molecule has 0 aromatic heterocycles. The number of benzene rings is 2. The van der Waals surface area contributed by atoms with Crippen LogP contribution in [0.1, 0.15) is 24.5 Å². The first kappa shape index (κ1) is 21.1. The summed E-state index contributed by atoms with van der Waals surface area (Å²) in [7, 11) is -2.94.